The molecule has 3 rings (SSSR count). The summed E-state index contributed by atoms with van der Waals surface area (Å²) in [6.45, 7) is 6.73. The number of aromatic nitrogens is 1. The fourth-order valence-corrected chi connectivity index (χ4v) is 3.68. The Morgan fingerprint density at radius 1 is 1.17 bits per heavy atom. The molecule has 0 fully saturated rings. The lowest BCUT2D eigenvalue weighted by Gasteiger charge is -2.26. The number of hydrogen-bond donors (Lipinski definition) is 3. The molecule has 0 amide bonds. The Kier molecular flexibility index (Phi) is 6.67. The smallest absolute Gasteiger partial charge is 0.253 e. The summed E-state index contributed by atoms with van der Waals surface area (Å²) in [7, 11) is 0. The molecular formula is C23H27N3O2S. The first-order valence-corrected chi connectivity index (χ1v) is 10.2. The van der Waals surface area contributed by atoms with E-state index in [9.17, 15) is 9.90 Å². The molecule has 0 saturated carbocycles. The van der Waals surface area contributed by atoms with Crippen LogP contribution in [0.2, 0.25) is 0 Å². The Balaban J connectivity index is 1.88. The van der Waals surface area contributed by atoms with E-state index in [-0.39, 0.29) is 12.2 Å². The lowest BCUT2D eigenvalue weighted by atomic mass is 10.0. The predicted molar refractivity (Wildman–Crippen MR) is 124 cm³/mol. The first-order chi connectivity index (χ1) is 13.9. The number of fused-ring (bicyclic) bond motifs is 1. The molecule has 1 heterocycles. The van der Waals surface area contributed by atoms with E-state index in [1.807, 2.05) is 49.1 Å². The second kappa shape index (κ2) is 9.20. The van der Waals surface area contributed by atoms with Gasteiger partial charge in [0, 0.05) is 17.8 Å². The highest BCUT2D eigenvalue weighted by Crippen LogP contribution is 2.20. The van der Waals surface area contributed by atoms with Gasteiger partial charge in [0.2, 0.25) is 0 Å². The molecule has 0 spiro atoms. The van der Waals surface area contributed by atoms with Gasteiger partial charge in [-0.1, -0.05) is 37.3 Å². The van der Waals surface area contributed by atoms with E-state index in [2.05, 4.69) is 29.4 Å². The Morgan fingerprint density at radius 3 is 2.66 bits per heavy atom. The number of aromatic amines is 1. The third-order valence-electron chi connectivity index (χ3n) is 5.29. The zero-order valence-corrected chi connectivity index (χ0v) is 17.9. The van der Waals surface area contributed by atoms with E-state index >= 15 is 0 Å². The second-order valence-electron chi connectivity index (χ2n) is 7.18. The number of hydrogen-bond acceptors (Lipinski definition) is 3. The van der Waals surface area contributed by atoms with Crippen LogP contribution in [0.15, 0.2) is 47.3 Å². The number of H-pyrrole nitrogens is 1. The molecule has 2 aromatic carbocycles. The van der Waals surface area contributed by atoms with Gasteiger partial charge < -0.3 is 20.3 Å². The number of anilines is 1. The number of para-hydroxylation sites is 1. The monoisotopic (exact) mass is 409 g/mol. The number of nitrogens with zero attached hydrogens (tertiary/aromatic N) is 1. The highest BCUT2D eigenvalue weighted by molar-refractivity contribution is 7.80. The molecule has 0 radical (unpaired) electrons. The van der Waals surface area contributed by atoms with Gasteiger partial charge in [0.15, 0.2) is 5.11 Å². The van der Waals surface area contributed by atoms with Gasteiger partial charge >= 0.3 is 0 Å². The van der Waals surface area contributed by atoms with Crippen molar-refractivity contribution < 1.29 is 5.11 Å². The van der Waals surface area contributed by atoms with Crippen LogP contribution in [0.5, 0.6) is 0 Å². The summed E-state index contributed by atoms with van der Waals surface area (Å²) in [5, 5.41) is 14.3. The van der Waals surface area contributed by atoms with Gasteiger partial charge in [-0.2, -0.15) is 0 Å². The Hall–Kier alpha value is -2.70. The van der Waals surface area contributed by atoms with Crippen LogP contribution in [0, 0.1) is 13.8 Å². The summed E-state index contributed by atoms with van der Waals surface area (Å²) < 4.78 is 0. The molecule has 0 aliphatic carbocycles. The normalized spacial score (nSPS) is 10.9. The molecule has 0 bridgehead atoms. The summed E-state index contributed by atoms with van der Waals surface area (Å²) in [6.07, 6.45) is 0.884. The number of thiocarbonyl (C=S) groups is 1. The number of benzene rings is 2. The zero-order valence-electron chi connectivity index (χ0n) is 17.1. The fraction of sp³-hybridized carbons (Fsp3) is 0.304. The van der Waals surface area contributed by atoms with Crippen molar-refractivity contribution in [1.29, 1.82) is 0 Å². The van der Waals surface area contributed by atoms with Crippen molar-refractivity contribution in [3.05, 3.63) is 75.1 Å². The van der Waals surface area contributed by atoms with Crippen LogP contribution >= 0.6 is 12.2 Å². The maximum Gasteiger partial charge on any atom is 0.253 e. The van der Waals surface area contributed by atoms with Gasteiger partial charge in [0.1, 0.15) is 0 Å². The Bertz CT molecular complexity index is 1090. The molecule has 0 aliphatic heterocycles. The van der Waals surface area contributed by atoms with Gasteiger partial charge in [-0.3, -0.25) is 4.79 Å². The molecule has 3 N–H and O–H groups in total. The molecule has 3 aromatic rings. The number of aryl methyl sites for hydroxylation is 3. The van der Waals surface area contributed by atoms with Crippen molar-refractivity contribution in [1.82, 2.24) is 9.88 Å². The minimum Gasteiger partial charge on any atom is -0.395 e. The van der Waals surface area contributed by atoms with Crippen LogP contribution in [-0.2, 0) is 13.0 Å². The van der Waals surface area contributed by atoms with E-state index < -0.39 is 0 Å². The third kappa shape index (κ3) is 4.66. The van der Waals surface area contributed by atoms with E-state index in [0.717, 1.165) is 39.7 Å². The summed E-state index contributed by atoms with van der Waals surface area (Å²) in [5.41, 5.74) is 5.67. The standard InChI is InChI=1S/C23H27N3O2S/c1-4-17-7-5-6-8-20(17)24-23(29)26(11-12-27)14-19-13-18-10-9-15(2)16(3)21(18)25-22(19)28/h5-10,13,27H,4,11-12,14H2,1-3H3,(H,24,29)(H,25,28). The molecule has 0 aliphatic rings. The maximum atomic E-state index is 12.7. The molecule has 29 heavy (non-hydrogen) atoms. The maximum absolute atomic E-state index is 12.7. The summed E-state index contributed by atoms with van der Waals surface area (Å²) in [6, 6.07) is 14.0. The van der Waals surface area contributed by atoms with E-state index in [4.69, 9.17) is 12.2 Å². The number of aliphatic hydroxyl groups excluding tert-OH is 1. The van der Waals surface area contributed by atoms with Crippen molar-refractivity contribution in [3.63, 3.8) is 0 Å². The van der Waals surface area contributed by atoms with Crippen molar-refractivity contribution in [2.45, 2.75) is 33.7 Å². The minimum absolute atomic E-state index is 0.0545. The molecule has 1 aromatic heterocycles. The quantitative estimate of drug-likeness (QED) is 0.539. The molecule has 5 nitrogen and oxygen atoms in total. The average Bonchev–Trinajstić information content (AvgIpc) is 2.72. The number of aliphatic hydroxyl groups is 1. The second-order valence-corrected chi connectivity index (χ2v) is 7.57. The first-order valence-electron chi connectivity index (χ1n) is 9.81. The van der Waals surface area contributed by atoms with Gasteiger partial charge in [-0.25, -0.2) is 0 Å². The van der Waals surface area contributed by atoms with Crippen LogP contribution in [-0.4, -0.2) is 33.3 Å². The van der Waals surface area contributed by atoms with Crippen LogP contribution < -0.4 is 10.9 Å². The van der Waals surface area contributed by atoms with E-state index in [1.54, 1.807) is 0 Å². The average molecular weight is 410 g/mol. The number of pyridine rings is 1. The zero-order chi connectivity index (χ0) is 21.0. The molecule has 152 valence electrons. The minimum atomic E-state index is -0.133. The largest absolute Gasteiger partial charge is 0.395 e. The van der Waals surface area contributed by atoms with Crippen molar-refractivity contribution in [2.75, 3.05) is 18.5 Å². The molecule has 0 unspecified atom stereocenters. The van der Waals surface area contributed by atoms with Crippen LogP contribution in [0.4, 0.5) is 5.69 Å². The van der Waals surface area contributed by atoms with Crippen molar-refractivity contribution in [3.8, 4) is 0 Å². The Labute approximate surface area is 176 Å². The number of rotatable bonds is 6. The third-order valence-corrected chi connectivity index (χ3v) is 5.65. The van der Waals surface area contributed by atoms with Gasteiger partial charge in [-0.15, -0.1) is 0 Å². The topological polar surface area (TPSA) is 68.4 Å². The van der Waals surface area contributed by atoms with Crippen molar-refractivity contribution >= 4 is 33.9 Å². The summed E-state index contributed by atoms with van der Waals surface area (Å²) in [4.78, 5) is 17.5. The van der Waals surface area contributed by atoms with Gasteiger partial charge in [0.05, 0.1) is 18.7 Å². The summed E-state index contributed by atoms with van der Waals surface area (Å²) in [5.74, 6) is 0. The summed E-state index contributed by atoms with van der Waals surface area (Å²) >= 11 is 5.60. The van der Waals surface area contributed by atoms with Crippen molar-refractivity contribution in [2.24, 2.45) is 0 Å². The Morgan fingerprint density at radius 2 is 1.93 bits per heavy atom. The molecular weight excluding hydrogens is 382 g/mol. The molecule has 0 atom stereocenters. The SMILES string of the molecule is CCc1ccccc1NC(=S)N(CCO)Cc1cc2ccc(C)c(C)c2[nH]c1=O. The fourth-order valence-electron chi connectivity index (χ4n) is 3.41. The van der Waals surface area contributed by atoms with Gasteiger partial charge in [0.25, 0.3) is 5.56 Å². The van der Waals surface area contributed by atoms with Crippen LogP contribution in [0.3, 0.4) is 0 Å². The number of nitrogens with one attached hydrogen (secondary N) is 2. The van der Waals surface area contributed by atoms with Crippen LogP contribution in [0.25, 0.3) is 10.9 Å². The predicted octanol–water partition coefficient (Wildman–Crippen LogP) is 3.90. The molecule has 6 heteroatoms. The highest BCUT2D eigenvalue weighted by atomic mass is 32.1. The molecule has 0 saturated heterocycles. The highest BCUT2D eigenvalue weighted by Gasteiger charge is 2.15. The van der Waals surface area contributed by atoms with Gasteiger partial charge in [-0.05, 0) is 66.7 Å². The van der Waals surface area contributed by atoms with E-state index in [0.29, 0.717) is 23.8 Å². The lowest BCUT2D eigenvalue weighted by molar-refractivity contribution is 0.248. The van der Waals surface area contributed by atoms with Crippen LogP contribution in [0.1, 0.15) is 29.2 Å². The van der Waals surface area contributed by atoms with E-state index in [1.165, 1.54) is 0 Å². The lowest BCUT2D eigenvalue weighted by Crippen LogP contribution is -2.38. The first kappa shape index (κ1) is 21.0.